The van der Waals surface area contributed by atoms with Crippen LogP contribution in [0.1, 0.15) is 12.5 Å². The summed E-state index contributed by atoms with van der Waals surface area (Å²) < 4.78 is 0. The molecule has 0 radical (unpaired) electrons. The molecule has 1 aliphatic heterocycles. The highest BCUT2D eigenvalue weighted by molar-refractivity contribution is 7.99. The molecule has 0 aromatic heterocycles. The van der Waals surface area contributed by atoms with Crippen LogP contribution in [0.15, 0.2) is 34.7 Å². The van der Waals surface area contributed by atoms with E-state index in [0.29, 0.717) is 0 Å². The van der Waals surface area contributed by atoms with Crippen molar-refractivity contribution >= 4 is 47.0 Å². The zero-order valence-electron chi connectivity index (χ0n) is 10.2. The smallest absolute Gasteiger partial charge is 0.263 e. The molecule has 0 saturated carbocycles. The van der Waals surface area contributed by atoms with Crippen molar-refractivity contribution in [1.29, 1.82) is 0 Å². The van der Waals surface area contributed by atoms with Crippen LogP contribution >= 0.6 is 24.0 Å². The minimum atomic E-state index is -0.472. The van der Waals surface area contributed by atoms with E-state index in [1.54, 1.807) is 17.8 Å². The summed E-state index contributed by atoms with van der Waals surface area (Å²) in [6, 6.07) is 7.67. The van der Waals surface area contributed by atoms with E-state index < -0.39 is 11.8 Å². The van der Waals surface area contributed by atoms with Crippen LogP contribution in [0.25, 0.3) is 6.08 Å². The quantitative estimate of drug-likeness (QED) is 0.385. The average Bonchev–Trinajstić information content (AvgIpc) is 2.36. The number of carbonyl (C=O) groups is 2. The fraction of sp³-hybridized carbons (Fsp3) is 0.154. The second-order valence-corrected chi connectivity index (χ2v) is 5.54. The van der Waals surface area contributed by atoms with Crippen molar-refractivity contribution < 1.29 is 9.59 Å². The van der Waals surface area contributed by atoms with Gasteiger partial charge < -0.3 is 0 Å². The standard InChI is InChI=1S/C13H12N2O2S2/c1-2-19-9-5-3-8(4-6-9)7-10-11(16)14-13(18)15-12(10)17/h3-7H,2H2,1H3,(H2,14,15,16,17,18). The van der Waals surface area contributed by atoms with E-state index in [-0.39, 0.29) is 10.7 Å². The van der Waals surface area contributed by atoms with E-state index in [9.17, 15) is 9.59 Å². The van der Waals surface area contributed by atoms with Gasteiger partial charge in [0.2, 0.25) is 0 Å². The Balaban J connectivity index is 2.22. The first-order chi connectivity index (χ1) is 9.10. The van der Waals surface area contributed by atoms with E-state index in [2.05, 4.69) is 17.6 Å². The maximum atomic E-state index is 11.7. The lowest BCUT2D eigenvalue weighted by Crippen LogP contribution is -2.51. The maximum Gasteiger partial charge on any atom is 0.263 e. The summed E-state index contributed by atoms with van der Waals surface area (Å²) >= 11 is 6.46. The van der Waals surface area contributed by atoms with Crippen LogP contribution < -0.4 is 10.6 Å². The van der Waals surface area contributed by atoms with E-state index in [0.717, 1.165) is 16.2 Å². The van der Waals surface area contributed by atoms with Crippen LogP contribution in [0.2, 0.25) is 0 Å². The van der Waals surface area contributed by atoms with Gasteiger partial charge in [0.25, 0.3) is 11.8 Å². The number of benzene rings is 1. The van der Waals surface area contributed by atoms with Gasteiger partial charge in [0.15, 0.2) is 5.11 Å². The number of hydrogen-bond donors (Lipinski definition) is 2. The minimum Gasteiger partial charge on any atom is -0.299 e. The number of thiocarbonyl (C=S) groups is 1. The van der Waals surface area contributed by atoms with Crippen molar-refractivity contribution in [3.05, 3.63) is 35.4 Å². The highest BCUT2D eigenvalue weighted by Gasteiger charge is 2.25. The second kappa shape index (κ2) is 5.99. The Kier molecular flexibility index (Phi) is 4.34. The molecule has 98 valence electrons. The highest BCUT2D eigenvalue weighted by atomic mass is 32.2. The van der Waals surface area contributed by atoms with Crippen LogP contribution in [0, 0.1) is 0 Å². The third kappa shape index (κ3) is 3.42. The summed E-state index contributed by atoms with van der Waals surface area (Å²) in [6.07, 6.45) is 1.55. The molecule has 2 amide bonds. The Morgan fingerprint density at radius 2 is 1.74 bits per heavy atom. The molecule has 4 nitrogen and oxygen atoms in total. The topological polar surface area (TPSA) is 58.2 Å². The largest absolute Gasteiger partial charge is 0.299 e. The SMILES string of the molecule is CCSc1ccc(C=C2C(=O)NC(=S)NC2=O)cc1. The molecule has 1 fully saturated rings. The molecule has 1 heterocycles. The molecular formula is C13H12N2O2S2. The summed E-state index contributed by atoms with van der Waals surface area (Å²) in [5.74, 6) is 0.0596. The zero-order chi connectivity index (χ0) is 13.8. The van der Waals surface area contributed by atoms with Crippen LogP contribution in [0.5, 0.6) is 0 Å². The van der Waals surface area contributed by atoms with Gasteiger partial charge in [-0.15, -0.1) is 11.8 Å². The van der Waals surface area contributed by atoms with Crippen LogP contribution in [0.3, 0.4) is 0 Å². The van der Waals surface area contributed by atoms with Gasteiger partial charge in [-0.3, -0.25) is 20.2 Å². The first-order valence-corrected chi connectivity index (χ1v) is 7.10. The monoisotopic (exact) mass is 292 g/mol. The lowest BCUT2D eigenvalue weighted by atomic mass is 10.1. The van der Waals surface area contributed by atoms with E-state index in [1.165, 1.54) is 0 Å². The summed E-state index contributed by atoms with van der Waals surface area (Å²) in [6.45, 7) is 2.08. The predicted octanol–water partition coefficient (Wildman–Crippen LogP) is 1.71. The van der Waals surface area contributed by atoms with Gasteiger partial charge in [-0.1, -0.05) is 19.1 Å². The van der Waals surface area contributed by atoms with Gasteiger partial charge in [0, 0.05) is 4.90 Å². The molecule has 6 heteroatoms. The number of amides is 2. The average molecular weight is 292 g/mol. The Bertz CT molecular complexity index is 543. The summed E-state index contributed by atoms with van der Waals surface area (Å²) in [4.78, 5) is 24.5. The molecular weight excluding hydrogens is 280 g/mol. The van der Waals surface area contributed by atoms with Crippen LogP contribution in [-0.4, -0.2) is 22.7 Å². The molecule has 0 bridgehead atoms. The Labute approximate surface area is 120 Å². The molecule has 2 N–H and O–H groups in total. The molecule has 1 aromatic rings. The van der Waals surface area contributed by atoms with Gasteiger partial charge >= 0.3 is 0 Å². The van der Waals surface area contributed by atoms with Gasteiger partial charge in [-0.2, -0.15) is 0 Å². The highest BCUT2D eigenvalue weighted by Crippen LogP contribution is 2.19. The lowest BCUT2D eigenvalue weighted by Gasteiger charge is -2.16. The zero-order valence-corrected chi connectivity index (χ0v) is 11.9. The van der Waals surface area contributed by atoms with Gasteiger partial charge in [-0.25, -0.2) is 0 Å². The van der Waals surface area contributed by atoms with Crippen molar-refractivity contribution in [3.8, 4) is 0 Å². The second-order valence-electron chi connectivity index (χ2n) is 3.80. The Morgan fingerprint density at radius 3 is 2.26 bits per heavy atom. The first-order valence-electron chi connectivity index (χ1n) is 5.71. The third-order valence-electron chi connectivity index (χ3n) is 2.45. The van der Waals surface area contributed by atoms with Crippen LogP contribution in [0.4, 0.5) is 0 Å². The van der Waals surface area contributed by atoms with Crippen LogP contribution in [-0.2, 0) is 9.59 Å². The third-order valence-corrected chi connectivity index (χ3v) is 3.54. The molecule has 0 aliphatic carbocycles. The summed E-state index contributed by atoms with van der Waals surface area (Å²) in [5, 5.41) is 4.84. The molecule has 0 atom stereocenters. The van der Waals surface area contributed by atoms with E-state index in [1.807, 2.05) is 24.3 Å². The minimum absolute atomic E-state index is 0.0434. The van der Waals surface area contributed by atoms with Crippen molar-refractivity contribution in [2.75, 3.05) is 5.75 Å². The van der Waals surface area contributed by atoms with Crippen molar-refractivity contribution in [3.63, 3.8) is 0 Å². The predicted molar refractivity (Wildman–Crippen MR) is 79.7 cm³/mol. The van der Waals surface area contributed by atoms with Crippen molar-refractivity contribution in [2.45, 2.75) is 11.8 Å². The van der Waals surface area contributed by atoms with E-state index >= 15 is 0 Å². The van der Waals surface area contributed by atoms with Crippen molar-refractivity contribution in [1.82, 2.24) is 10.6 Å². The van der Waals surface area contributed by atoms with E-state index in [4.69, 9.17) is 12.2 Å². The Morgan fingerprint density at radius 1 is 1.16 bits per heavy atom. The molecule has 0 spiro atoms. The molecule has 1 saturated heterocycles. The molecule has 0 unspecified atom stereocenters. The van der Waals surface area contributed by atoms with Crippen molar-refractivity contribution in [2.24, 2.45) is 0 Å². The first kappa shape index (κ1) is 13.8. The molecule has 1 aromatic carbocycles. The fourth-order valence-electron chi connectivity index (χ4n) is 1.60. The van der Waals surface area contributed by atoms with Gasteiger partial charge in [0.05, 0.1) is 0 Å². The van der Waals surface area contributed by atoms with Gasteiger partial charge in [0.1, 0.15) is 5.57 Å². The summed E-state index contributed by atoms with van der Waals surface area (Å²) in [7, 11) is 0. The van der Waals surface area contributed by atoms with Gasteiger partial charge in [-0.05, 0) is 41.7 Å². The number of nitrogens with one attached hydrogen (secondary N) is 2. The molecule has 19 heavy (non-hydrogen) atoms. The Hall–Kier alpha value is -1.66. The fourth-order valence-corrected chi connectivity index (χ4v) is 2.45. The lowest BCUT2D eigenvalue weighted by molar-refractivity contribution is -0.123. The maximum absolute atomic E-state index is 11.7. The normalized spacial score (nSPS) is 15.0. The number of carbonyl (C=O) groups excluding carboxylic acids is 2. The number of rotatable bonds is 3. The summed E-state index contributed by atoms with van der Waals surface area (Å²) in [5.41, 5.74) is 0.859. The molecule has 2 rings (SSSR count). The number of hydrogen-bond acceptors (Lipinski definition) is 4. The molecule has 1 aliphatic rings. The number of thioether (sulfide) groups is 1.